The van der Waals surface area contributed by atoms with Gasteiger partial charge in [-0.2, -0.15) is 4.40 Å². The van der Waals surface area contributed by atoms with E-state index in [0.29, 0.717) is 0 Å². The van der Waals surface area contributed by atoms with Crippen molar-refractivity contribution in [2.24, 2.45) is 4.40 Å². The summed E-state index contributed by atoms with van der Waals surface area (Å²) in [5.41, 5.74) is 0. The van der Waals surface area contributed by atoms with Crippen molar-refractivity contribution in [3.8, 4) is 0 Å². The maximum absolute atomic E-state index is 3.77. The molecule has 0 aromatic heterocycles. The van der Waals surface area contributed by atoms with Crippen LogP contribution in [0.2, 0.25) is 0 Å². The summed E-state index contributed by atoms with van der Waals surface area (Å²) in [5.74, 6) is 2.71. The summed E-state index contributed by atoms with van der Waals surface area (Å²) in [6.07, 6.45) is 7.50. The first kappa shape index (κ1) is 7.54. The van der Waals surface area contributed by atoms with Gasteiger partial charge < -0.3 is 0 Å². The minimum absolute atomic E-state index is 1.40. The van der Waals surface area contributed by atoms with Gasteiger partial charge in [0.05, 0.1) is 0 Å². The normalized spacial score (nSPS) is 8.75. The third kappa shape index (κ3) is 5.54. The second-order valence-corrected chi connectivity index (χ2v) is 1.64. The zero-order valence-corrected chi connectivity index (χ0v) is 5.90. The Kier molecular flexibility index (Phi) is 6.16. The van der Waals surface area contributed by atoms with E-state index in [-0.39, 0.29) is 0 Å². The molecule has 8 heavy (non-hydrogen) atoms. The fourth-order valence-electron chi connectivity index (χ4n) is 0.222. The molecule has 0 saturated heterocycles. The standard InChI is InChI=1S/C6H9NS/c1-3-4-5-6-7-8-2/h3-5H,1-2H3. The molecule has 0 aliphatic carbocycles. The zero-order chi connectivity index (χ0) is 6.24. The van der Waals surface area contributed by atoms with Gasteiger partial charge in [0, 0.05) is 12.3 Å². The lowest BCUT2D eigenvalue weighted by Gasteiger charge is -1.66. The molecule has 0 aliphatic rings. The smallest absolute Gasteiger partial charge is 0.00450 e. The molecule has 0 aromatic carbocycles. The number of nitrogens with zero attached hydrogens (tertiary/aromatic N) is 1. The number of hydrogen-bond acceptors (Lipinski definition) is 2. The summed E-state index contributed by atoms with van der Waals surface area (Å²) < 4.78 is 3.77. The van der Waals surface area contributed by atoms with Gasteiger partial charge in [-0.15, -0.1) is 0 Å². The molecule has 0 saturated carbocycles. The van der Waals surface area contributed by atoms with Crippen LogP contribution in [0.25, 0.3) is 0 Å². The molecule has 44 valence electrons. The molecular weight excluding hydrogens is 118 g/mol. The summed E-state index contributed by atoms with van der Waals surface area (Å²) in [4.78, 5) is 0. The van der Waals surface area contributed by atoms with E-state index >= 15 is 0 Å². The minimum atomic E-state index is 1.40. The topological polar surface area (TPSA) is 12.4 Å². The highest BCUT2D eigenvalue weighted by molar-refractivity contribution is 7.97. The second-order valence-electron chi connectivity index (χ2n) is 1.10. The summed E-state index contributed by atoms with van der Waals surface area (Å²) in [6.45, 7) is 1.96. The number of hydrogen-bond donors (Lipinski definition) is 0. The van der Waals surface area contributed by atoms with E-state index in [9.17, 15) is 0 Å². The van der Waals surface area contributed by atoms with Crippen LogP contribution in [-0.2, 0) is 0 Å². The lowest BCUT2D eigenvalue weighted by molar-refractivity contribution is 1.75. The lowest BCUT2D eigenvalue weighted by atomic mass is 10.5. The molecule has 0 rings (SSSR count). The highest BCUT2D eigenvalue weighted by Gasteiger charge is 1.55. The Hall–Kier alpha value is -0.460. The Morgan fingerprint density at radius 3 is 2.88 bits per heavy atom. The van der Waals surface area contributed by atoms with Gasteiger partial charge in [0.2, 0.25) is 0 Å². The minimum Gasteiger partial charge on any atom is -0.174 e. The summed E-state index contributed by atoms with van der Waals surface area (Å²) in [6, 6.07) is 0. The van der Waals surface area contributed by atoms with Crippen molar-refractivity contribution in [1.29, 1.82) is 0 Å². The molecule has 0 heterocycles. The van der Waals surface area contributed by atoms with Crippen LogP contribution in [0.15, 0.2) is 22.6 Å². The van der Waals surface area contributed by atoms with Crippen LogP contribution < -0.4 is 0 Å². The van der Waals surface area contributed by atoms with Crippen LogP contribution >= 0.6 is 11.9 Å². The Labute approximate surface area is 54.3 Å². The average Bonchev–Trinajstić information content (AvgIpc) is 1.81. The Balaban J connectivity index is 3.47. The highest BCUT2D eigenvalue weighted by Crippen LogP contribution is 1.87. The van der Waals surface area contributed by atoms with Crippen molar-refractivity contribution in [2.75, 3.05) is 6.26 Å². The Bertz CT molecular complexity index is 120. The predicted molar refractivity (Wildman–Crippen MR) is 40.3 cm³/mol. The van der Waals surface area contributed by atoms with Gasteiger partial charge in [-0.3, -0.25) is 0 Å². The van der Waals surface area contributed by atoms with Crippen molar-refractivity contribution >= 4 is 17.8 Å². The Morgan fingerprint density at radius 1 is 1.62 bits per heavy atom. The SMILES string of the molecule is CC=CC=C=NSC. The molecule has 0 aliphatic heterocycles. The van der Waals surface area contributed by atoms with Gasteiger partial charge in [0.15, 0.2) is 0 Å². The summed E-state index contributed by atoms with van der Waals surface area (Å²) in [7, 11) is 0. The third-order valence-corrected chi connectivity index (χ3v) is 0.795. The van der Waals surface area contributed by atoms with Gasteiger partial charge in [-0.05, 0) is 24.7 Å². The second kappa shape index (κ2) is 6.54. The molecule has 0 N–H and O–H groups in total. The first-order chi connectivity index (χ1) is 3.91. The van der Waals surface area contributed by atoms with Crippen molar-refractivity contribution in [3.05, 3.63) is 18.2 Å². The van der Waals surface area contributed by atoms with Crippen LogP contribution in [0.1, 0.15) is 6.92 Å². The number of rotatable bonds is 2. The van der Waals surface area contributed by atoms with Crippen molar-refractivity contribution in [3.63, 3.8) is 0 Å². The molecular formula is C6H9NS. The average molecular weight is 127 g/mol. The molecule has 0 aromatic rings. The first-order valence-electron chi connectivity index (χ1n) is 2.35. The molecule has 0 bridgehead atoms. The maximum atomic E-state index is 3.77. The molecule has 0 atom stereocenters. The third-order valence-electron chi connectivity index (χ3n) is 0.507. The van der Waals surface area contributed by atoms with Crippen LogP contribution in [-0.4, -0.2) is 12.1 Å². The molecule has 0 fully saturated rings. The molecule has 1 nitrogen and oxygen atoms in total. The largest absolute Gasteiger partial charge is 0.174 e. The van der Waals surface area contributed by atoms with Gasteiger partial charge >= 0.3 is 0 Å². The van der Waals surface area contributed by atoms with E-state index in [1.54, 1.807) is 6.08 Å². The predicted octanol–water partition coefficient (Wildman–Crippen LogP) is 2.07. The fourth-order valence-corrected chi connectivity index (χ4v) is 0.389. The lowest BCUT2D eigenvalue weighted by Crippen LogP contribution is -1.48. The van der Waals surface area contributed by atoms with Crippen LogP contribution in [0, 0.1) is 0 Å². The monoisotopic (exact) mass is 127 g/mol. The molecule has 0 radical (unpaired) electrons. The van der Waals surface area contributed by atoms with E-state index in [4.69, 9.17) is 0 Å². The van der Waals surface area contributed by atoms with E-state index in [1.165, 1.54) is 11.9 Å². The maximum Gasteiger partial charge on any atom is 0.00450 e. The van der Waals surface area contributed by atoms with Crippen LogP contribution in [0.3, 0.4) is 0 Å². The summed E-state index contributed by atoms with van der Waals surface area (Å²) >= 11 is 1.40. The molecule has 2 heteroatoms. The van der Waals surface area contributed by atoms with Crippen molar-refractivity contribution in [1.82, 2.24) is 0 Å². The Morgan fingerprint density at radius 2 is 2.38 bits per heavy atom. The van der Waals surface area contributed by atoms with Crippen molar-refractivity contribution in [2.45, 2.75) is 6.92 Å². The van der Waals surface area contributed by atoms with Gasteiger partial charge in [-0.1, -0.05) is 12.2 Å². The van der Waals surface area contributed by atoms with E-state index in [0.717, 1.165) is 0 Å². The quantitative estimate of drug-likeness (QED) is 0.314. The molecule has 0 spiro atoms. The zero-order valence-electron chi connectivity index (χ0n) is 5.09. The molecule has 0 amide bonds. The van der Waals surface area contributed by atoms with Gasteiger partial charge in [0.1, 0.15) is 0 Å². The molecule has 0 unspecified atom stereocenters. The van der Waals surface area contributed by atoms with E-state index in [2.05, 4.69) is 10.3 Å². The van der Waals surface area contributed by atoms with Crippen LogP contribution in [0.4, 0.5) is 0 Å². The van der Waals surface area contributed by atoms with E-state index in [1.807, 2.05) is 25.3 Å². The van der Waals surface area contributed by atoms with E-state index < -0.39 is 0 Å². The van der Waals surface area contributed by atoms with Crippen molar-refractivity contribution < 1.29 is 0 Å². The van der Waals surface area contributed by atoms with Gasteiger partial charge in [-0.25, -0.2) is 0 Å². The fraction of sp³-hybridized carbons (Fsp3) is 0.333. The summed E-state index contributed by atoms with van der Waals surface area (Å²) in [5, 5.41) is 0. The highest BCUT2D eigenvalue weighted by atomic mass is 32.2. The first-order valence-corrected chi connectivity index (χ1v) is 3.53. The van der Waals surface area contributed by atoms with Crippen LogP contribution in [0.5, 0.6) is 0 Å². The number of allylic oxidation sites excluding steroid dienone is 3. The van der Waals surface area contributed by atoms with Gasteiger partial charge in [0.25, 0.3) is 0 Å².